The van der Waals surface area contributed by atoms with Gasteiger partial charge in [-0.25, -0.2) is 14.0 Å². The highest BCUT2D eigenvalue weighted by Gasteiger charge is 2.22. The average molecular weight is 456 g/mol. The summed E-state index contributed by atoms with van der Waals surface area (Å²) >= 11 is 5.99. The number of hydrogen-bond acceptors (Lipinski definition) is 5. The first-order valence-electron chi connectivity index (χ1n) is 9.31. The van der Waals surface area contributed by atoms with Crippen LogP contribution in [0.3, 0.4) is 0 Å². The molecule has 0 saturated carbocycles. The summed E-state index contributed by atoms with van der Waals surface area (Å²) in [7, 11) is 0. The van der Waals surface area contributed by atoms with E-state index in [0.29, 0.717) is 0 Å². The normalized spacial score (nSPS) is 12.3. The summed E-state index contributed by atoms with van der Waals surface area (Å²) in [4.78, 5) is 49.0. The number of aromatic nitrogens is 2. The van der Waals surface area contributed by atoms with E-state index in [1.165, 1.54) is 19.1 Å². The fourth-order valence-corrected chi connectivity index (χ4v) is 3.03. The molecule has 0 radical (unpaired) electrons. The Kier molecular flexibility index (Phi) is 7.27. The van der Waals surface area contributed by atoms with Gasteiger partial charge in [-0.1, -0.05) is 23.7 Å². The number of halogens is 2. The minimum atomic E-state index is -1.32. The lowest BCUT2D eigenvalue weighted by molar-refractivity contribution is -0.137. The van der Waals surface area contributed by atoms with Gasteiger partial charge < -0.3 is 15.2 Å². The molecule has 168 valence electrons. The third kappa shape index (κ3) is 5.94. The number of amides is 1. The molecule has 2 aromatic rings. The number of rotatable bonds is 6. The Morgan fingerprint density at radius 3 is 2.48 bits per heavy atom. The second-order valence-corrected chi connectivity index (χ2v) is 8.23. The Bertz CT molecular complexity index is 1120. The molecule has 9 nitrogen and oxygen atoms in total. The summed E-state index contributed by atoms with van der Waals surface area (Å²) in [6.45, 7) is 5.64. The fraction of sp³-hybridized carbons (Fsp3) is 0.400. The molecule has 0 saturated heterocycles. The van der Waals surface area contributed by atoms with Crippen molar-refractivity contribution in [2.75, 3.05) is 6.54 Å². The number of benzene rings is 1. The zero-order valence-electron chi connectivity index (χ0n) is 17.4. The van der Waals surface area contributed by atoms with Crippen LogP contribution in [0.4, 0.5) is 9.18 Å². The van der Waals surface area contributed by atoms with Crippen molar-refractivity contribution in [1.82, 2.24) is 14.5 Å². The van der Waals surface area contributed by atoms with Gasteiger partial charge >= 0.3 is 17.8 Å². The average Bonchev–Trinajstić information content (AvgIpc) is 2.63. The van der Waals surface area contributed by atoms with Crippen molar-refractivity contribution >= 4 is 23.7 Å². The fourth-order valence-electron chi connectivity index (χ4n) is 2.80. The first kappa shape index (κ1) is 24.1. The number of carbonyl (C=O) groups excluding carboxylic acids is 1. The molecule has 0 unspecified atom stereocenters. The highest BCUT2D eigenvalue weighted by molar-refractivity contribution is 6.33. The van der Waals surface area contributed by atoms with E-state index in [2.05, 4.69) is 5.32 Å². The second-order valence-electron chi connectivity index (χ2n) is 7.86. The summed E-state index contributed by atoms with van der Waals surface area (Å²) in [5.41, 5.74) is -2.60. The van der Waals surface area contributed by atoms with Gasteiger partial charge in [0.25, 0.3) is 5.56 Å². The van der Waals surface area contributed by atoms with E-state index in [4.69, 9.17) is 21.4 Å². The van der Waals surface area contributed by atoms with Crippen molar-refractivity contribution in [2.24, 2.45) is 0 Å². The predicted octanol–water partition coefficient (Wildman–Crippen LogP) is 2.64. The van der Waals surface area contributed by atoms with E-state index in [1.807, 2.05) is 0 Å². The standard InChI is InChI=1S/C20H23ClFN3O6/c1-11(8-23-18(29)31-20(2,3)4)25-17(28)13(9-24(19(25)30)10-15(26)27)12-6-5-7-14(22)16(12)21/h5-7,9,11H,8,10H2,1-4H3,(H,23,29)(H,26,27)/t11-/m0/s1. The summed E-state index contributed by atoms with van der Waals surface area (Å²) in [5, 5.41) is 11.2. The summed E-state index contributed by atoms with van der Waals surface area (Å²) in [5.74, 6) is -2.09. The van der Waals surface area contributed by atoms with Gasteiger partial charge in [0.15, 0.2) is 0 Å². The maximum atomic E-state index is 13.9. The van der Waals surface area contributed by atoms with E-state index >= 15 is 0 Å². The lowest BCUT2D eigenvalue weighted by Crippen LogP contribution is -2.46. The van der Waals surface area contributed by atoms with E-state index < -0.39 is 47.3 Å². The lowest BCUT2D eigenvalue weighted by atomic mass is 10.1. The van der Waals surface area contributed by atoms with E-state index in [1.54, 1.807) is 20.8 Å². The Balaban J connectivity index is 2.54. The Morgan fingerprint density at radius 2 is 1.90 bits per heavy atom. The number of carboxylic acid groups (broad SMARTS) is 1. The molecule has 0 spiro atoms. The van der Waals surface area contributed by atoms with Crippen molar-refractivity contribution in [3.63, 3.8) is 0 Å². The molecule has 2 N–H and O–H groups in total. The van der Waals surface area contributed by atoms with Crippen molar-refractivity contribution in [3.05, 3.63) is 56.1 Å². The van der Waals surface area contributed by atoms with Gasteiger partial charge in [-0.3, -0.25) is 18.7 Å². The maximum absolute atomic E-state index is 13.9. The van der Waals surface area contributed by atoms with Gasteiger partial charge in [0, 0.05) is 18.3 Å². The highest BCUT2D eigenvalue weighted by atomic mass is 35.5. The van der Waals surface area contributed by atoms with Crippen molar-refractivity contribution in [2.45, 2.75) is 45.9 Å². The van der Waals surface area contributed by atoms with E-state index in [0.717, 1.165) is 21.4 Å². The Hall–Kier alpha value is -3.14. The minimum Gasteiger partial charge on any atom is -0.480 e. The number of hydrogen-bond donors (Lipinski definition) is 2. The number of carbonyl (C=O) groups is 2. The summed E-state index contributed by atoms with van der Waals surface area (Å²) < 4.78 is 20.6. The van der Waals surface area contributed by atoms with Gasteiger partial charge in [0.2, 0.25) is 0 Å². The molecular formula is C20H23ClFN3O6. The molecule has 31 heavy (non-hydrogen) atoms. The first-order valence-corrected chi connectivity index (χ1v) is 9.68. The molecule has 0 bridgehead atoms. The third-order valence-electron chi connectivity index (χ3n) is 4.11. The van der Waals surface area contributed by atoms with Crippen LogP contribution in [-0.4, -0.2) is 38.4 Å². The van der Waals surface area contributed by atoms with Crippen LogP contribution in [0, 0.1) is 5.82 Å². The van der Waals surface area contributed by atoms with Crippen LogP contribution in [0.5, 0.6) is 0 Å². The monoisotopic (exact) mass is 455 g/mol. The lowest BCUT2D eigenvalue weighted by Gasteiger charge is -2.22. The molecule has 1 aromatic carbocycles. The number of aliphatic carboxylic acids is 1. The predicted molar refractivity (Wildman–Crippen MR) is 112 cm³/mol. The van der Waals surface area contributed by atoms with Crippen LogP contribution in [-0.2, 0) is 16.1 Å². The van der Waals surface area contributed by atoms with Gasteiger partial charge in [-0.15, -0.1) is 0 Å². The Labute approximate surface area is 182 Å². The van der Waals surface area contributed by atoms with E-state index in [9.17, 15) is 23.6 Å². The second kappa shape index (κ2) is 9.34. The number of carboxylic acids is 1. The molecule has 1 aromatic heterocycles. The third-order valence-corrected chi connectivity index (χ3v) is 4.50. The van der Waals surface area contributed by atoms with Crippen LogP contribution in [0.15, 0.2) is 34.0 Å². The Morgan fingerprint density at radius 1 is 1.26 bits per heavy atom. The zero-order valence-corrected chi connectivity index (χ0v) is 18.2. The zero-order chi connectivity index (χ0) is 23.5. The topological polar surface area (TPSA) is 120 Å². The van der Waals surface area contributed by atoms with Crippen LogP contribution >= 0.6 is 11.6 Å². The molecule has 1 atom stereocenters. The SMILES string of the molecule is C[C@@H](CNC(=O)OC(C)(C)C)n1c(=O)c(-c2cccc(F)c2Cl)cn(CC(=O)O)c1=O. The molecule has 0 aliphatic heterocycles. The number of nitrogens with one attached hydrogen (secondary N) is 1. The number of alkyl carbamates (subject to hydrolysis) is 1. The molecular weight excluding hydrogens is 433 g/mol. The van der Waals surface area contributed by atoms with Gasteiger partial charge in [0.1, 0.15) is 18.0 Å². The minimum absolute atomic E-state index is 0.00635. The summed E-state index contributed by atoms with van der Waals surface area (Å²) in [6, 6.07) is 2.94. The van der Waals surface area contributed by atoms with Crippen LogP contribution in [0.2, 0.25) is 5.02 Å². The maximum Gasteiger partial charge on any atom is 0.407 e. The van der Waals surface area contributed by atoms with E-state index in [-0.39, 0.29) is 22.7 Å². The first-order chi connectivity index (χ1) is 14.3. The number of nitrogens with zero attached hydrogens (tertiary/aromatic N) is 2. The van der Waals surface area contributed by atoms with Gasteiger partial charge in [0.05, 0.1) is 16.6 Å². The molecule has 0 aliphatic carbocycles. The van der Waals surface area contributed by atoms with Crippen molar-refractivity contribution in [1.29, 1.82) is 0 Å². The smallest absolute Gasteiger partial charge is 0.407 e. The number of ether oxygens (including phenoxy) is 1. The summed E-state index contributed by atoms with van der Waals surface area (Å²) in [6.07, 6.45) is 0.284. The molecule has 2 rings (SSSR count). The molecule has 0 fully saturated rings. The van der Waals surface area contributed by atoms with Crippen molar-refractivity contribution < 1.29 is 23.8 Å². The van der Waals surface area contributed by atoms with Crippen molar-refractivity contribution in [3.8, 4) is 11.1 Å². The van der Waals surface area contributed by atoms with Gasteiger partial charge in [-0.05, 0) is 33.8 Å². The van der Waals surface area contributed by atoms with Gasteiger partial charge in [-0.2, -0.15) is 0 Å². The highest BCUT2D eigenvalue weighted by Crippen LogP contribution is 2.27. The quantitative estimate of drug-likeness (QED) is 0.691. The molecule has 1 heterocycles. The van der Waals surface area contributed by atoms with Crippen LogP contribution in [0.1, 0.15) is 33.7 Å². The molecule has 0 aliphatic rings. The largest absolute Gasteiger partial charge is 0.480 e. The molecule has 11 heteroatoms. The van der Waals surface area contributed by atoms with Crippen LogP contribution in [0.25, 0.3) is 11.1 Å². The molecule has 1 amide bonds. The van der Waals surface area contributed by atoms with Crippen LogP contribution < -0.4 is 16.6 Å².